The van der Waals surface area contributed by atoms with E-state index in [1.165, 1.54) is 19.1 Å². The van der Waals surface area contributed by atoms with Crippen molar-refractivity contribution in [3.8, 4) is 5.75 Å². The minimum absolute atomic E-state index is 0.0915. The summed E-state index contributed by atoms with van der Waals surface area (Å²) in [4.78, 5) is 25.7. The number of nitrogens with one attached hydrogen (secondary N) is 1. The lowest BCUT2D eigenvalue weighted by molar-refractivity contribution is -0.136. The average Bonchev–Trinajstić information content (AvgIpc) is 2.89. The number of carbonyl (C=O) groups is 2. The zero-order chi connectivity index (χ0) is 17.5. The SMILES string of the molecule is COCOc1cccc(NC2=C(C(=O)OC)CN(CCO)C2=O)c1. The Morgan fingerprint density at radius 3 is 2.83 bits per heavy atom. The standard InChI is InChI=1S/C16H20N2O6/c1-22-10-24-12-5-3-4-11(8-12)17-14-13(16(21)23-2)9-18(6-7-19)15(14)20/h3-5,8,17,19H,6-7,9-10H2,1-2H3. The number of aliphatic hydroxyl groups excluding tert-OH is 1. The van der Waals surface area contributed by atoms with Crippen LogP contribution in [0.25, 0.3) is 0 Å². The van der Waals surface area contributed by atoms with Gasteiger partial charge in [-0.2, -0.15) is 0 Å². The summed E-state index contributed by atoms with van der Waals surface area (Å²) in [6.07, 6.45) is 0. The van der Waals surface area contributed by atoms with Crippen molar-refractivity contribution in [2.45, 2.75) is 0 Å². The third-order valence-corrected chi connectivity index (χ3v) is 3.40. The van der Waals surface area contributed by atoms with Gasteiger partial charge in [0.05, 0.1) is 25.8 Å². The minimum atomic E-state index is -0.585. The van der Waals surface area contributed by atoms with Crippen molar-refractivity contribution >= 4 is 17.6 Å². The van der Waals surface area contributed by atoms with Gasteiger partial charge in [0.2, 0.25) is 0 Å². The van der Waals surface area contributed by atoms with Crippen LogP contribution in [-0.2, 0) is 19.1 Å². The molecule has 0 aliphatic carbocycles. The fourth-order valence-corrected chi connectivity index (χ4v) is 2.28. The van der Waals surface area contributed by atoms with Crippen LogP contribution in [0.3, 0.4) is 0 Å². The summed E-state index contributed by atoms with van der Waals surface area (Å²) in [7, 11) is 2.77. The molecule has 24 heavy (non-hydrogen) atoms. The van der Waals surface area contributed by atoms with Gasteiger partial charge in [-0.1, -0.05) is 6.07 Å². The zero-order valence-corrected chi connectivity index (χ0v) is 13.6. The number of esters is 1. The second kappa shape index (κ2) is 8.32. The molecule has 1 aliphatic heterocycles. The molecule has 1 aliphatic rings. The van der Waals surface area contributed by atoms with Crippen LogP contribution in [-0.4, -0.2) is 62.6 Å². The number of anilines is 1. The molecule has 0 bridgehead atoms. The minimum Gasteiger partial charge on any atom is -0.467 e. The van der Waals surface area contributed by atoms with Gasteiger partial charge in [0.15, 0.2) is 6.79 Å². The molecular formula is C16H20N2O6. The average molecular weight is 336 g/mol. The number of nitrogens with zero attached hydrogens (tertiary/aromatic N) is 1. The van der Waals surface area contributed by atoms with Gasteiger partial charge < -0.3 is 29.5 Å². The second-order valence-electron chi connectivity index (χ2n) is 5.00. The Labute approximate surface area is 139 Å². The van der Waals surface area contributed by atoms with Crippen LogP contribution in [0.15, 0.2) is 35.5 Å². The first-order chi connectivity index (χ1) is 11.6. The third kappa shape index (κ3) is 4.03. The number of hydrogen-bond acceptors (Lipinski definition) is 7. The normalized spacial score (nSPS) is 14.1. The Morgan fingerprint density at radius 2 is 2.17 bits per heavy atom. The van der Waals surface area contributed by atoms with E-state index in [9.17, 15) is 9.59 Å². The largest absolute Gasteiger partial charge is 0.467 e. The number of amides is 1. The Kier molecular flexibility index (Phi) is 6.16. The molecule has 0 spiro atoms. The fraction of sp³-hybridized carbons (Fsp3) is 0.375. The van der Waals surface area contributed by atoms with Crippen LogP contribution in [0, 0.1) is 0 Å². The van der Waals surface area contributed by atoms with Crippen LogP contribution in [0.1, 0.15) is 0 Å². The van der Waals surface area contributed by atoms with Gasteiger partial charge in [-0.25, -0.2) is 4.79 Å². The van der Waals surface area contributed by atoms with Crippen molar-refractivity contribution < 1.29 is 28.9 Å². The summed E-state index contributed by atoms with van der Waals surface area (Å²) in [5.74, 6) is -0.398. The van der Waals surface area contributed by atoms with E-state index in [1.807, 2.05) is 0 Å². The number of carbonyl (C=O) groups excluding carboxylic acids is 2. The lowest BCUT2D eigenvalue weighted by Crippen LogP contribution is -2.31. The quantitative estimate of drug-likeness (QED) is 0.522. The summed E-state index contributed by atoms with van der Waals surface area (Å²) in [6, 6.07) is 6.91. The van der Waals surface area contributed by atoms with Crippen molar-refractivity contribution in [3.05, 3.63) is 35.5 Å². The van der Waals surface area contributed by atoms with E-state index in [1.54, 1.807) is 24.3 Å². The van der Waals surface area contributed by atoms with Crippen LogP contribution >= 0.6 is 0 Å². The molecule has 2 rings (SSSR count). The third-order valence-electron chi connectivity index (χ3n) is 3.40. The van der Waals surface area contributed by atoms with E-state index in [2.05, 4.69) is 5.32 Å². The highest BCUT2D eigenvalue weighted by Gasteiger charge is 2.34. The molecule has 0 saturated carbocycles. The number of ether oxygens (including phenoxy) is 3. The van der Waals surface area contributed by atoms with Crippen LogP contribution in [0.2, 0.25) is 0 Å². The number of benzene rings is 1. The predicted octanol–water partition coefficient (Wildman–Crippen LogP) is 0.343. The Hall–Kier alpha value is -2.58. The number of hydrogen-bond donors (Lipinski definition) is 2. The maximum absolute atomic E-state index is 12.4. The lowest BCUT2D eigenvalue weighted by atomic mass is 10.2. The van der Waals surface area contributed by atoms with Gasteiger partial charge in [0, 0.05) is 25.4 Å². The van der Waals surface area contributed by atoms with E-state index in [0.717, 1.165) is 0 Å². The molecule has 0 radical (unpaired) electrons. The topological polar surface area (TPSA) is 97.3 Å². The Balaban J connectivity index is 2.23. The first-order valence-electron chi connectivity index (χ1n) is 7.31. The highest BCUT2D eigenvalue weighted by Crippen LogP contribution is 2.24. The summed E-state index contributed by atoms with van der Waals surface area (Å²) in [5.41, 5.74) is 0.942. The van der Waals surface area contributed by atoms with Crippen molar-refractivity contribution in [1.82, 2.24) is 4.90 Å². The van der Waals surface area contributed by atoms with Gasteiger partial charge >= 0.3 is 5.97 Å². The monoisotopic (exact) mass is 336 g/mol. The van der Waals surface area contributed by atoms with Gasteiger partial charge in [0.1, 0.15) is 11.4 Å². The number of rotatable bonds is 8. The summed E-state index contributed by atoms with van der Waals surface area (Å²) < 4.78 is 14.9. The molecule has 0 saturated heterocycles. The van der Waals surface area contributed by atoms with Gasteiger partial charge in [-0.15, -0.1) is 0 Å². The van der Waals surface area contributed by atoms with E-state index < -0.39 is 5.97 Å². The zero-order valence-electron chi connectivity index (χ0n) is 13.6. The molecule has 2 N–H and O–H groups in total. The first-order valence-corrected chi connectivity index (χ1v) is 7.31. The fourth-order valence-electron chi connectivity index (χ4n) is 2.28. The molecule has 1 heterocycles. The van der Waals surface area contributed by atoms with E-state index in [-0.39, 0.29) is 43.7 Å². The molecular weight excluding hydrogens is 316 g/mol. The van der Waals surface area contributed by atoms with Crippen LogP contribution in [0.5, 0.6) is 5.75 Å². The van der Waals surface area contributed by atoms with Gasteiger partial charge in [-0.05, 0) is 12.1 Å². The molecule has 0 fully saturated rings. The first kappa shape index (κ1) is 17.8. The van der Waals surface area contributed by atoms with Crippen molar-refractivity contribution in [2.24, 2.45) is 0 Å². The molecule has 0 atom stereocenters. The summed E-state index contributed by atoms with van der Waals surface area (Å²) >= 11 is 0. The molecule has 8 heteroatoms. The number of aliphatic hydroxyl groups is 1. The lowest BCUT2D eigenvalue weighted by Gasteiger charge is -2.15. The maximum Gasteiger partial charge on any atom is 0.337 e. The highest BCUT2D eigenvalue weighted by atomic mass is 16.7. The molecule has 130 valence electrons. The maximum atomic E-state index is 12.4. The van der Waals surface area contributed by atoms with E-state index >= 15 is 0 Å². The molecule has 8 nitrogen and oxygen atoms in total. The molecule has 1 aromatic carbocycles. The molecule has 1 aromatic rings. The van der Waals surface area contributed by atoms with Crippen LogP contribution < -0.4 is 10.1 Å². The molecule has 0 unspecified atom stereocenters. The Bertz CT molecular complexity index is 643. The summed E-state index contributed by atoms with van der Waals surface area (Å²) in [6.45, 7) is 0.145. The van der Waals surface area contributed by atoms with Crippen molar-refractivity contribution in [3.63, 3.8) is 0 Å². The summed E-state index contributed by atoms with van der Waals surface area (Å²) in [5, 5.41) is 12.0. The number of β-amino-alcohol motifs (C(OH)–C–C–N with tert-alkyl or cyclic N) is 1. The van der Waals surface area contributed by atoms with Crippen molar-refractivity contribution in [2.75, 3.05) is 46.0 Å². The highest BCUT2D eigenvalue weighted by molar-refractivity contribution is 6.08. The number of methoxy groups -OCH3 is 2. The smallest absolute Gasteiger partial charge is 0.337 e. The van der Waals surface area contributed by atoms with E-state index in [0.29, 0.717) is 11.4 Å². The predicted molar refractivity (Wildman–Crippen MR) is 85.3 cm³/mol. The Morgan fingerprint density at radius 1 is 1.38 bits per heavy atom. The van der Waals surface area contributed by atoms with Crippen molar-refractivity contribution in [1.29, 1.82) is 0 Å². The second-order valence-corrected chi connectivity index (χ2v) is 5.00. The molecule has 1 amide bonds. The van der Waals surface area contributed by atoms with Gasteiger partial charge in [0.25, 0.3) is 5.91 Å². The van der Waals surface area contributed by atoms with Gasteiger partial charge in [-0.3, -0.25) is 4.79 Å². The molecule has 0 aromatic heterocycles. The van der Waals surface area contributed by atoms with E-state index in [4.69, 9.17) is 19.3 Å². The van der Waals surface area contributed by atoms with Crippen LogP contribution in [0.4, 0.5) is 5.69 Å².